The summed E-state index contributed by atoms with van der Waals surface area (Å²) in [5, 5.41) is 3.21. The van der Waals surface area contributed by atoms with E-state index in [-0.39, 0.29) is 23.8 Å². The molecule has 0 spiro atoms. The van der Waals surface area contributed by atoms with Gasteiger partial charge in [0.05, 0.1) is 44.5 Å². The van der Waals surface area contributed by atoms with Gasteiger partial charge in [-0.1, -0.05) is 24.3 Å². The number of hydrogen-bond donors (Lipinski definition) is 1. The Kier molecular flexibility index (Phi) is 6.32. The summed E-state index contributed by atoms with van der Waals surface area (Å²) in [4.78, 5) is 27.7. The molecule has 3 aromatic carbocycles. The van der Waals surface area contributed by atoms with Crippen LogP contribution in [0.15, 0.2) is 76.5 Å². The number of methoxy groups -OCH3 is 1. The monoisotopic (exact) mass is 452 g/mol. The van der Waals surface area contributed by atoms with E-state index in [0.29, 0.717) is 39.7 Å². The van der Waals surface area contributed by atoms with Crippen molar-refractivity contribution >= 4 is 28.4 Å². The Balaban J connectivity index is 1.76. The number of rotatable bonds is 3. The number of carbonyl (C=O) groups excluding carboxylic acids is 2. The van der Waals surface area contributed by atoms with Gasteiger partial charge in [0.15, 0.2) is 0 Å². The highest BCUT2D eigenvalue weighted by atomic mass is 32.2. The minimum Gasteiger partial charge on any atom is -0.465 e. The fraction of sp³-hybridized carbons (Fsp3) is 0.167. The van der Waals surface area contributed by atoms with Crippen molar-refractivity contribution in [2.75, 3.05) is 25.5 Å². The van der Waals surface area contributed by atoms with Crippen LogP contribution < -0.4 is 5.32 Å². The highest BCUT2D eigenvalue weighted by Crippen LogP contribution is 2.29. The molecule has 1 aliphatic heterocycles. The number of nitrogens with one attached hydrogen (secondary N) is 1. The Morgan fingerprint density at radius 3 is 2.69 bits per heavy atom. The van der Waals surface area contributed by atoms with Gasteiger partial charge in [0.2, 0.25) is 0 Å². The van der Waals surface area contributed by atoms with Crippen LogP contribution in [0.2, 0.25) is 0 Å². The first-order valence-corrected chi connectivity index (χ1v) is 11.1. The van der Waals surface area contributed by atoms with Crippen molar-refractivity contribution in [3.05, 3.63) is 89.2 Å². The van der Waals surface area contributed by atoms with Crippen LogP contribution in [0.1, 0.15) is 26.3 Å². The standard InChI is InChI=1S/C24H21FN2O4S/c1-31-24(29)17-9-10-20-22(14-17)32(30)21-8-3-2-7-19(21)23(28)27(12-11-26-20)15-16-5-4-6-18(25)13-16/h2-10,13-14,26H,11-12,15H2,1H3. The lowest BCUT2D eigenvalue weighted by atomic mass is 10.1. The zero-order chi connectivity index (χ0) is 22.7. The van der Waals surface area contributed by atoms with E-state index in [2.05, 4.69) is 5.32 Å². The second-order valence-corrected chi connectivity index (χ2v) is 8.67. The van der Waals surface area contributed by atoms with Gasteiger partial charge in [0, 0.05) is 19.6 Å². The predicted molar refractivity (Wildman–Crippen MR) is 119 cm³/mol. The van der Waals surface area contributed by atoms with Gasteiger partial charge in [-0.15, -0.1) is 0 Å². The minimum atomic E-state index is -1.73. The Morgan fingerprint density at radius 1 is 1.09 bits per heavy atom. The second-order valence-electron chi connectivity index (χ2n) is 7.25. The summed E-state index contributed by atoms with van der Waals surface area (Å²) in [6.07, 6.45) is 0. The zero-order valence-corrected chi connectivity index (χ0v) is 18.2. The van der Waals surface area contributed by atoms with E-state index in [1.165, 1.54) is 25.3 Å². The third-order valence-electron chi connectivity index (χ3n) is 5.17. The summed E-state index contributed by atoms with van der Waals surface area (Å²) in [7, 11) is -0.447. The maximum absolute atomic E-state index is 13.7. The van der Waals surface area contributed by atoms with Crippen LogP contribution in [-0.4, -0.2) is 41.2 Å². The van der Waals surface area contributed by atoms with Crippen LogP contribution in [0.4, 0.5) is 10.1 Å². The van der Waals surface area contributed by atoms with Gasteiger partial charge in [-0.05, 0) is 48.0 Å². The van der Waals surface area contributed by atoms with E-state index in [1.54, 1.807) is 53.4 Å². The molecule has 1 atom stereocenters. The topological polar surface area (TPSA) is 75.7 Å². The molecule has 0 aromatic heterocycles. The average molecular weight is 453 g/mol. The highest BCUT2D eigenvalue weighted by Gasteiger charge is 2.25. The average Bonchev–Trinajstić information content (AvgIpc) is 2.81. The van der Waals surface area contributed by atoms with E-state index in [4.69, 9.17) is 4.74 Å². The number of fused-ring (bicyclic) bond motifs is 2. The zero-order valence-electron chi connectivity index (χ0n) is 17.3. The van der Waals surface area contributed by atoms with Gasteiger partial charge in [0.1, 0.15) is 5.82 Å². The number of halogens is 1. The molecule has 8 heteroatoms. The van der Waals surface area contributed by atoms with Crippen LogP contribution in [0.5, 0.6) is 0 Å². The third kappa shape index (κ3) is 4.40. The Bertz CT molecular complexity index is 1210. The number of amides is 1. The van der Waals surface area contributed by atoms with E-state index in [0.717, 1.165) is 0 Å². The molecular weight excluding hydrogens is 431 g/mol. The molecule has 0 saturated heterocycles. The molecule has 3 aromatic rings. The lowest BCUT2D eigenvalue weighted by molar-refractivity contribution is 0.0600. The molecular formula is C24H21FN2O4S. The molecule has 0 bridgehead atoms. The number of carbonyl (C=O) groups is 2. The van der Waals surface area contributed by atoms with Gasteiger partial charge in [-0.2, -0.15) is 0 Å². The fourth-order valence-electron chi connectivity index (χ4n) is 3.59. The van der Waals surface area contributed by atoms with Crippen molar-refractivity contribution in [1.82, 2.24) is 4.90 Å². The molecule has 1 aliphatic rings. The van der Waals surface area contributed by atoms with Gasteiger partial charge in [0.25, 0.3) is 5.91 Å². The maximum atomic E-state index is 13.7. The van der Waals surface area contributed by atoms with Gasteiger partial charge >= 0.3 is 5.97 Å². The van der Waals surface area contributed by atoms with Gasteiger partial charge in [-0.3, -0.25) is 4.79 Å². The normalized spacial score (nSPS) is 15.9. The molecule has 0 radical (unpaired) electrons. The molecule has 1 amide bonds. The number of nitrogens with zero attached hydrogens (tertiary/aromatic N) is 1. The first kappa shape index (κ1) is 21.7. The molecule has 1 heterocycles. The molecule has 1 unspecified atom stereocenters. The largest absolute Gasteiger partial charge is 0.465 e. The number of hydrogen-bond acceptors (Lipinski definition) is 5. The van der Waals surface area contributed by atoms with Crippen molar-refractivity contribution in [2.45, 2.75) is 16.3 Å². The third-order valence-corrected chi connectivity index (χ3v) is 6.66. The highest BCUT2D eigenvalue weighted by molar-refractivity contribution is 7.85. The van der Waals surface area contributed by atoms with Crippen LogP contribution in [-0.2, 0) is 22.1 Å². The lowest BCUT2D eigenvalue weighted by Crippen LogP contribution is -2.36. The lowest BCUT2D eigenvalue weighted by Gasteiger charge is -2.26. The minimum absolute atomic E-state index is 0.216. The molecule has 164 valence electrons. The quantitative estimate of drug-likeness (QED) is 0.611. The molecule has 1 N–H and O–H groups in total. The van der Waals surface area contributed by atoms with Crippen molar-refractivity contribution in [2.24, 2.45) is 0 Å². The molecule has 6 nitrogen and oxygen atoms in total. The number of esters is 1. The van der Waals surface area contributed by atoms with Crippen molar-refractivity contribution in [3.8, 4) is 0 Å². The van der Waals surface area contributed by atoms with Gasteiger partial charge < -0.3 is 15.0 Å². The Morgan fingerprint density at radius 2 is 1.91 bits per heavy atom. The maximum Gasteiger partial charge on any atom is 0.337 e. The second kappa shape index (κ2) is 9.32. The molecule has 32 heavy (non-hydrogen) atoms. The van der Waals surface area contributed by atoms with Crippen molar-refractivity contribution < 1.29 is 22.9 Å². The summed E-state index contributed by atoms with van der Waals surface area (Å²) in [5.41, 5.74) is 1.84. The van der Waals surface area contributed by atoms with Crippen LogP contribution in [0, 0.1) is 5.82 Å². The van der Waals surface area contributed by atoms with Gasteiger partial charge in [-0.25, -0.2) is 13.4 Å². The van der Waals surface area contributed by atoms with Crippen molar-refractivity contribution in [3.63, 3.8) is 0 Å². The van der Waals surface area contributed by atoms with Crippen LogP contribution in [0.3, 0.4) is 0 Å². The van der Waals surface area contributed by atoms with E-state index < -0.39 is 16.8 Å². The number of anilines is 1. The van der Waals surface area contributed by atoms with Crippen molar-refractivity contribution in [1.29, 1.82) is 0 Å². The van der Waals surface area contributed by atoms with E-state index in [9.17, 15) is 18.2 Å². The van der Waals surface area contributed by atoms with E-state index >= 15 is 0 Å². The number of ether oxygens (including phenoxy) is 1. The summed E-state index contributed by atoms with van der Waals surface area (Å²) >= 11 is 0. The summed E-state index contributed by atoms with van der Waals surface area (Å²) in [5.74, 6) is -1.20. The molecule has 4 rings (SSSR count). The molecule has 0 saturated carbocycles. The SMILES string of the molecule is COC(=O)c1ccc2c(c1)S(=O)c1ccccc1C(=O)N(Cc1cccc(F)c1)CCN2. The summed E-state index contributed by atoms with van der Waals surface area (Å²) in [6.45, 7) is 0.937. The fourth-order valence-corrected chi connectivity index (χ4v) is 4.96. The van der Waals surface area contributed by atoms with Crippen LogP contribution >= 0.6 is 0 Å². The molecule has 0 aliphatic carbocycles. The predicted octanol–water partition coefficient (Wildman–Crippen LogP) is 3.85. The summed E-state index contributed by atoms with van der Waals surface area (Å²) in [6, 6.07) is 17.6. The number of benzene rings is 3. The Hall–Kier alpha value is -3.52. The van der Waals surface area contributed by atoms with Crippen LogP contribution in [0.25, 0.3) is 0 Å². The first-order valence-electron chi connectivity index (χ1n) is 9.98. The van der Waals surface area contributed by atoms with E-state index in [1.807, 2.05) is 0 Å². The first-order chi connectivity index (χ1) is 15.5. The smallest absolute Gasteiger partial charge is 0.337 e. The summed E-state index contributed by atoms with van der Waals surface area (Å²) < 4.78 is 32.0. The Labute approximate surface area is 187 Å². The molecule has 0 fully saturated rings.